The summed E-state index contributed by atoms with van der Waals surface area (Å²) < 4.78 is 5.64. The summed E-state index contributed by atoms with van der Waals surface area (Å²) in [6, 6.07) is 0. The molecule has 0 spiro atoms. The van der Waals surface area contributed by atoms with Gasteiger partial charge >= 0.3 is 0 Å². The second-order valence-electron chi connectivity index (χ2n) is 5.03. The summed E-state index contributed by atoms with van der Waals surface area (Å²) in [5.41, 5.74) is 0. The fraction of sp³-hybridized carbons (Fsp3) is 1.00. The minimum absolute atomic E-state index is 0.114. The van der Waals surface area contributed by atoms with Gasteiger partial charge in [-0.1, -0.05) is 27.7 Å². The highest BCUT2D eigenvalue weighted by molar-refractivity contribution is 4.94. The number of aliphatic hydroxyl groups excluding tert-OH is 3. The van der Waals surface area contributed by atoms with Crippen LogP contribution in [0.3, 0.4) is 0 Å². The molecule has 0 aromatic rings. The summed E-state index contributed by atoms with van der Waals surface area (Å²) in [7, 11) is 0. The molecule has 0 aromatic heterocycles. The van der Waals surface area contributed by atoms with Gasteiger partial charge in [-0.25, -0.2) is 0 Å². The summed E-state index contributed by atoms with van der Waals surface area (Å²) >= 11 is 0. The van der Waals surface area contributed by atoms with Gasteiger partial charge in [-0.3, -0.25) is 0 Å². The molecule has 90 valence electrons. The zero-order valence-corrected chi connectivity index (χ0v) is 9.79. The van der Waals surface area contributed by atoms with Crippen LogP contribution >= 0.6 is 0 Å². The average Bonchev–Trinajstić information content (AvgIpc) is 2.13. The van der Waals surface area contributed by atoms with E-state index in [2.05, 4.69) is 0 Å². The SMILES string of the molecule is CC(C)C1OC(C(C)C)C(O)C(O)C1O. The van der Waals surface area contributed by atoms with Crippen LogP contribution in [0.1, 0.15) is 27.7 Å². The van der Waals surface area contributed by atoms with E-state index in [0.29, 0.717) is 0 Å². The third-order valence-corrected chi connectivity index (χ3v) is 3.00. The van der Waals surface area contributed by atoms with Crippen LogP contribution in [-0.4, -0.2) is 45.8 Å². The first-order valence-electron chi connectivity index (χ1n) is 5.56. The molecule has 1 heterocycles. The van der Waals surface area contributed by atoms with E-state index in [1.54, 1.807) is 0 Å². The standard InChI is InChI=1S/C11H22O4/c1-5(2)10-8(13)7(12)9(14)11(15-10)6(3)4/h5-14H,1-4H3. The molecule has 4 heteroatoms. The molecule has 1 saturated heterocycles. The largest absolute Gasteiger partial charge is 0.388 e. The average molecular weight is 218 g/mol. The van der Waals surface area contributed by atoms with Crippen molar-refractivity contribution in [3.63, 3.8) is 0 Å². The maximum atomic E-state index is 9.74. The van der Waals surface area contributed by atoms with Crippen LogP contribution in [-0.2, 0) is 4.74 Å². The summed E-state index contributed by atoms with van der Waals surface area (Å²) in [5.74, 6) is 0.229. The quantitative estimate of drug-likeness (QED) is 0.617. The molecule has 1 rings (SSSR count). The Morgan fingerprint density at radius 3 is 1.33 bits per heavy atom. The van der Waals surface area contributed by atoms with Crippen molar-refractivity contribution in [3.8, 4) is 0 Å². The zero-order valence-electron chi connectivity index (χ0n) is 9.79. The minimum atomic E-state index is -1.11. The second-order valence-corrected chi connectivity index (χ2v) is 5.03. The number of hydrogen-bond donors (Lipinski definition) is 3. The van der Waals surface area contributed by atoms with Gasteiger partial charge < -0.3 is 20.1 Å². The smallest absolute Gasteiger partial charge is 0.111 e. The molecule has 0 saturated carbocycles. The number of aliphatic hydroxyl groups is 3. The van der Waals surface area contributed by atoms with Crippen molar-refractivity contribution in [2.75, 3.05) is 0 Å². The molecule has 0 bridgehead atoms. The normalized spacial score (nSPS) is 42.6. The highest BCUT2D eigenvalue weighted by Gasteiger charge is 2.45. The number of hydrogen-bond acceptors (Lipinski definition) is 4. The lowest BCUT2D eigenvalue weighted by atomic mass is 9.86. The minimum Gasteiger partial charge on any atom is -0.388 e. The molecule has 1 aliphatic rings. The van der Waals surface area contributed by atoms with Gasteiger partial charge in [0.1, 0.15) is 18.3 Å². The maximum Gasteiger partial charge on any atom is 0.111 e. The maximum absolute atomic E-state index is 9.74. The first-order valence-corrected chi connectivity index (χ1v) is 5.56. The van der Waals surface area contributed by atoms with Crippen LogP contribution in [0.25, 0.3) is 0 Å². The van der Waals surface area contributed by atoms with E-state index in [1.165, 1.54) is 0 Å². The van der Waals surface area contributed by atoms with Crippen LogP contribution in [0, 0.1) is 11.8 Å². The summed E-state index contributed by atoms with van der Waals surface area (Å²) in [5, 5.41) is 29.2. The molecule has 0 aromatic carbocycles. The fourth-order valence-electron chi connectivity index (χ4n) is 2.04. The Bertz CT molecular complexity index is 185. The van der Waals surface area contributed by atoms with Crippen LogP contribution in [0.4, 0.5) is 0 Å². The van der Waals surface area contributed by atoms with Crippen molar-refractivity contribution in [2.24, 2.45) is 11.8 Å². The Kier molecular flexibility index (Phi) is 4.12. The van der Waals surface area contributed by atoms with E-state index in [1.807, 2.05) is 27.7 Å². The summed E-state index contributed by atoms with van der Waals surface area (Å²) in [6.07, 6.45) is -3.94. The highest BCUT2D eigenvalue weighted by atomic mass is 16.5. The van der Waals surface area contributed by atoms with Crippen LogP contribution in [0.5, 0.6) is 0 Å². The monoisotopic (exact) mass is 218 g/mol. The van der Waals surface area contributed by atoms with Crippen molar-refractivity contribution in [1.82, 2.24) is 0 Å². The Morgan fingerprint density at radius 2 is 1.07 bits per heavy atom. The first-order chi connectivity index (χ1) is 6.86. The van der Waals surface area contributed by atoms with Crippen LogP contribution in [0.15, 0.2) is 0 Å². The van der Waals surface area contributed by atoms with E-state index in [0.717, 1.165) is 0 Å². The van der Waals surface area contributed by atoms with Gasteiger partial charge in [0.05, 0.1) is 12.2 Å². The van der Waals surface area contributed by atoms with Crippen LogP contribution in [0.2, 0.25) is 0 Å². The Hall–Kier alpha value is -0.160. The van der Waals surface area contributed by atoms with E-state index in [4.69, 9.17) is 4.74 Å². The fourth-order valence-corrected chi connectivity index (χ4v) is 2.04. The lowest BCUT2D eigenvalue weighted by Crippen LogP contribution is -2.60. The molecule has 4 atom stereocenters. The van der Waals surface area contributed by atoms with Crippen LogP contribution < -0.4 is 0 Å². The third-order valence-electron chi connectivity index (χ3n) is 3.00. The van der Waals surface area contributed by atoms with Crippen molar-refractivity contribution in [1.29, 1.82) is 0 Å². The molecule has 1 aliphatic heterocycles. The molecular weight excluding hydrogens is 196 g/mol. The molecular formula is C11H22O4. The van der Waals surface area contributed by atoms with Gasteiger partial charge in [0.2, 0.25) is 0 Å². The van der Waals surface area contributed by atoms with Crippen molar-refractivity contribution >= 4 is 0 Å². The Balaban J connectivity index is 2.80. The molecule has 1 fully saturated rings. The van der Waals surface area contributed by atoms with Gasteiger partial charge in [-0.05, 0) is 11.8 Å². The second kappa shape index (κ2) is 4.78. The highest BCUT2D eigenvalue weighted by Crippen LogP contribution is 2.29. The van der Waals surface area contributed by atoms with Crippen molar-refractivity contribution < 1.29 is 20.1 Å². The molecule has 4 unspecified atom stereocenters. The number of ether oxygens (including phenoxy) is 1. The molecule has 0 amide bonds. The topological polar surface area (TPSA) is 69.9 Å². The van der Waals surface area contributed by atoms with Crippen molar-refractivity contribution in [2.45, 2.75) is 58.2 Å². The predicted molar refractivity (Wildman–Crippen MR) is 56.4 cm³/mol. The van der Waals surface area contributed by atoms with Gasteiger partial charge in [0.15, 0.2) is 0 Å². The van der Waals surface area contributed by atoms with Crippen molar-refractivity contribution in [3.05, 3.63) is 0 Å². The molecule has 3 N–H and O–H groups in total. The van der Waals surface area contributed by atoms with E-state index in [-0.39, 0.29) is 11.8 Å². The van der Waals surface area contributed by atoms with E-state index >= 15 is 0 Å². The molecule has 4 nitrogen and oxygen atoms in total. The third kappa shape index (κ3) is 2.50. The van der Waals surface area contributed by atoms with Gasteiger partial charge in [-0.15, -0.1) is 0 Å². The van der Waals surface area contributed by atoms with E-state index in [9.17, 15) is 15.3 Å². The zero-order chi connectivity index (χ0) is 11.7. The molecule has 15 heavy (non-hydrogen) atoms. The lowest BCUT2D eigenvalue weighted by Gasteiger charge is -2.43. The van der Waals surface area contributed by atoms with Gasteiger partial charge in [0.25, 0.3) is 0 Å². The van der Waals surface area contributed by atoms with Gasteiger partial charge in [-0.2, -0.15) is 0 Å². The summed E-state index contributed by atoms with van der Waals surface area (Å²) in [6.45, 7) is 7.71. The molecule has 0 radical (unpaired) electrons. The predicted octanol–water partition coefficient (Wildman–Crippen LogP) is 0.148. The Morgan fingerprint density at radius 1 is 0.733 bits per heavy atom. The summed E-state index contributed by atoms with van der Waals surface area (Å²) in [4.78, 5) is 0. The van der Waals surface area contributed by atoms with E-state index < -0.39 is 30.5 Å². The first kappa shape index (κ1) is 12.9. The number of rotatable bonds is 2. The Labute approximate surface area is 90.9 Å². The van der Waals surface area contributed by atoms with Gasteiger partial charge in [0, 0.05) is 0 Å². The lowest BCUT2D eigenvalue weighted by molar-refractivity contribution is -0.241. The molecule has 0 aliphatic carbocycles.